The van der Waals surface area contributed by atoms with Crippen molar-refractivity contribution in [3.63, 3.8) is 0 Å². The lowest BCUT2D eigenvalue weighted by Crippen LogP contribution is -2.49. The molecule has 2 aromatic rings. The average Bonchev–Trinajstić information content (AvgIpc) is 2.69. The topological polar surface area (TPSA) is 52.7 Å². The van der Waals surface area contributed by atoms with E-state index in [4.69, 9.17) is 0 Å². The van der Waals surface area contributed by atoms with Crippen molar-refractivity contribution < 1.29 is 27.2 Å². The Kier molecular flexibility index (Phi) is 5.81. The minimum absolute atomic E-state index is 0.292. The molecule has 2 aromatic carbocycles. The quantitative estimate of drug-likeness (QED) is 0.492. The standard InChI is InChI=1S/C19H17F4N3O2/c20-12-3-1-2-4-15(12)25-7-9-26(10-8-25)17(28)11-16(27)24-14-6-5-13(21)18(22)19(14)23/h1-6H,7-11H2,(H,24,27). The van der Waals surface area contributed by atoms with Gasteiger partial charge < -0.3 is 15.1 Å². The molecule has 1 aliphatic rings. The van der Waals surface area contributed by atoms with Gasteiger partial charge in [0.2, 0.25) is 11.8 Å². The fourth-order valence-electron chi connectivity index (χ4n) is 2.97. The Morgan fingerprint density at radius 1 is 0.857 bits per heavy atom. The van der Waals surface area contributed by atoms with E-state index in [9.17, 15) is 27.2 Å². The van der Waals surface area contributed by atoms with Crippen LogP contribution in [-0.2, 0) is 9.59 Å². The summed E-state index contributed by atoms with van der Waals surface area (Å²) in [6.45, 7) is 1.37. The van der Waals surface area contributed by atoms with Gasteiger partial charge in [-0.15, -0.1) is 0 Å². The summed E-state index contributed by atoms with van der Waals surface area (Å²) in [5, 5.41) is 2.06. The van der Waals surface area contributed by atoms with Crippen molar-refractivity contribution in [2.45, 2.75) is 6.42 Å². The highest BCUT2D eigenvalue weighted by atomic mass is 19.2. The van der Waals surface area contributed by atoms with Gasteiger partial charge in [0.15, 0.2) is 17.5 Å². The van der Waals surface area contributed by atoms with E-state index in [2.05, 4.69) is 5.32 Å². The summed E-state index contributed by atoms with van der Waals surface area (Å²) in [6, 6.07) is 7.87. The van der Waals surface area contributed by atoms with Crippen LogP contribution < -0.4 is 10.2 Å². The highest BCUT2D eigenvalue weighted by Gasteiger charge is 2.24. The normalized spacial score (nSPS) is 14.1. The van der Waals surface area contributed by atoms with Crippen molar-refractivity contribution in [3.8, 4) is 0 Å². The van der Waals surface area contributed by atoms with Crippen molar-refractivity contribution in [3.05, 3.63) is 59.7 Å². The average molecular weight is 395 g/mol. The van der Waals surface area contributed by atoms with Crippen LogP contribution in [0.3, 0.4) is 0 Å². The Bertz CT molecular complexity index is 899. The maximum absolute atomic E-state index is 13.8. The summed E-state index contributed by atoms with van der Waals surface area (Å²) in [6.07, 6.45) is -0.571. The number of carbonyl (C=O) groups is 2. The number of piperazine rings is 1. The zero-order valence-corrected chi connectivity index (χ0v) is 14.7. The van der Waals surface area contributed by atoms with Gasteiger partial charge in [0, 0.05) is 26.2 Å². The second kappa shape index (κ2) is 8.28. The Hall–Kier alpha value is -3.10. The third-order valence-electron chi connectivity index (χ3n) is 4.45. The molecule has 28 heavy (non-hydrogen) atoms. The molecule has 0 spiro atoms. The largest absolute Gasteiger partial charge is 0.366 e. The molecule has 1 saturated heterocycles. The molecule has 5 nitrogen and oxygen atoms in total. The van der Waals surface area contributed by atoms with Crippen LogP contribution in [0.5, 0.6) is 0 Å². The molecule has 1 N–H and O–H groups in total. The summed E-state index contributed by atoms with van der Waals surface area (Å²) < 4.78 is 53.5. The van der Waals surface area contributed by atoms with E-state index in [1.807, 2.05) is 0 Å². The van der Waals surface area contributed by atoms with Crippen molar-refractivity contribution in [2.24, 2.45) is 0 Å². The Morgan fingerprint density at radius 3 is 2.21 bits per heavy atom. The third-order valence-corrected chi connectivity index (χ3v) is 4.45. The number of rotatable bonds is 4. The lowest BCUT2D eigenvalue weighted by molar-refractivity contribution is -0.134. The molecule has 0 aromatic heterocycles. The van der Waals surface area contributed by atoms with Crippen LogP contribution in [0.4, 0.5) is 28.9 Å². The number of carbonyl (C=O) groups excluding carboxylic acids is 2. The molecule has 1 heterocycles. The number of benzene rings is 2. The van der Waals surface area contributed by atoms with Gasteiger partial charge in [-0.3, -0.25) is 9.59 Å². The minimum Gasteiger partial charge on any atom is -0.366 e. The van der Waals surface area contributed by atoms with Crippen LogP contribution in [0.2, 0.25) is 0 Å². The summed E-state index contributed by atoms with van der Waals surface area (Å²) in [5.74, 6) is -6.29. The first-order valence-corrected chi connectivity index (χ1v) is 8.57. The van der Waals surface area contributed by atoms with Crippen molar-refractivity contribution in [1.82, 2.24) is 4.90 Å². The van der Waals surface area contributed by atoms with E-state index in [0.29, 0.717) is 37.9 Å². The molecule has 3 rings (SSSR count). The predicted octanol–water partition coefficient (Wildman–Crippen LogP) is 2.92. The molecule has 0 aliphatic carbocycles. The molecule has 9 heteroatoms. The predicted molar refractivity (Wildman–Crippen MR) is 94.8 cm³/mol. The Balaban J connectivity index is 1.54. The molecule has 1 fully saturated rings. The van der Waals surface area contributed by atoms with Crippen molar-refractivity contribution in [2.75, 3.05) is 36.4 Å². The minimum atomic E-state index is -1.70. The number of amides is 2. The molecule has 0 saturated carbocycles. The maximum Gasteiger partial charge on any atom is 0.233 e. The van der Waals surface area contributed by atoms with E-state index >= 15 is 0 Å². The SMILES string of the molecule is O=C(CC(=O)N1CCN(c2ccccc2F)CC1)Nc1ccc(F)c(F)c1F. The fraction of sp³-hybridized carbons (Fsp3) is 0.263. The Morgan fingerprint density at radius 2 is 1.54 bits per heavy atom. The summed E-state index contributed by atoms with van der Waals surface area (Å²) >= 11 is 0. The number of nitrogens with one attached hydrogen (secondary N) is 1. The molecule has 2 amide bonds. The first kappa shape index (κ1) is 19.7. The number of hydrogen-bond acceptors (Lipinski definition) is 3. The lowest BCUT2D eigenvalue weighted by Gasteiger charge is -2.36. The summed E-state index contributed by atoms with van der Waals surface area (Å²) in [5.41, 5.74) is -0.0952. The first-order valence-electron chi connectivity index (χ1n) is 8.57. The van der Waals surface area contributed by atoms with Gasteiger partial charge in [-0.1, -0.05) is 12.1 Å². The van der Waals surface area contributed by atoms with Crippen LogP contribution in [0.15, 0.2) is 36.4 Å². The summed E-state index contributed by atoms with van der Waals surface area (Å²) in [4.78, 5) is 27.4. The highest BCUT2D eigenvalue weighted by Crippen LogP contribution is 2.21. The Labute approximate surface area is 158 Å². The molecular weight excluding hydrogens is 378 g/mol. The second-order valence-corrected chi connectivity index (χ2v) is 6.27. The number of nitrogens with zero attached hydrogens (tertiary/aromatic N) is 2. The van der Waals surface area contributed by atoms with Gasteiger partial charge in [-0.25, -0.2) is 17.6 Å². The van der Waals surface area contributed by atoms with Crippen LogP contribution in [-0.4, -0.2) is 42.9 Å². The van der Waals surface area contributed by atoms with Gasteiger partial charge in [-0.2, -0.15) is 0 Å². The van der Waals surface area contributed by atoms with E-state index in [1.54, 1.807) is 23.1 Å². The number of halogens is 4. The van der Waals surface area contributed by atoms with Crippen LogP contribution in [0.25, 0.3) is 0 Å². The number of hydrogen-bond donors (Lipinski definition) is 1. The molecule has 0 unspecified atom stereocenters. The zero-order chi connectivity index (χ0) is 20.3. The molecule has 0 atom stereocenters. The number of para-hydroxylation sites is 1. The van der Waals surface area contributed by atoms with Gasteiger partial charge in [-0.05, 0) is 24.3 Å². The fourth-order valence-corrected chi connectivity index (χ4v) is 2.97. The van der Waals surface area contributed by atoms with E-state index in [0.717, 1.165) is 6.07 Å². The summed E-state index contributed by atoms with van der Waals surface area (Å²) in [7, 11) is 0. The monoisotopic (exact) mass is 395 g/mol. The van der Waals surface area contributed by atoms with Gasteiger partial charge in [0.1, 0.15) is 12.2 Å². The first-order chi connectivity index (χ1) is 13.4. The van der Waals surface area contributed by atoms with Crippen LogP contribution in [0.1, 0.15) is 6.42 Å². The van der Waals surface area contributed by atoms with Crippen molar-refractivity contribution in [1.29, 1.82) is 0 Å². The molecule has 0 bridgehead atoms. The second-order valence-electron chi connectivity index (χ2n) is 6.27. The zero-order valence-electron chi connectivity index (χ0n) is 14.7. The van der Waals surface area contributed by atoms with Gasteiger partial charge in [0.25, 0.3) is 0 Å². The van der Waals surface area contributed by atoms with Crippen LogP contribution in [0, 0.1) is 23.3 Å². The molecule has 1 aliphatic heterocycles. The molecule has 148 valence electrons. The van der Waals surface area contributed by atoms with Gasteiger partial charge in [0.05, 0.1) is 11.4 Å². The van der Waals surface area contributed by atoms with E-state index < -0.39 is 41.4 Å². The molecular formula is C19H17F4N3O2. The van der Waals surface area contributed by atoms with Crippen LogP contribution >= 0.6 is 0 Å². The van der Waals surface area contributed by atoms with E-state index in [-0.39, 0.29) is 5.82 Å². The van der Waals surface area contributed by atoms with E-state index in [1.165, 1.54) is 11.0 Å². The van der Waals surface area contributed by atoms with Crippen molar-refractivity contribution >= 4 is 23.2 Å². The smallest absolute Gasteiger partial charge is 0.233 e. The maximum atomic E-state index is 13.8. The molecule has 0 radical (unpaired) electrons. The number of anilines is 2. The van der Waals surface area contributed by atoms with Gasteiger partial charge >= 0.3 is 0 Å². The highest BCUT2D eigenvalue weighted by molar-refractivity contribution is 6.03. The lowest BCUT2D eigenvalue weighted by atomic mass is 10.2. The third kappa shape index (κ3) is 4.24.